The van der Waals surface area contributed by atoms with Crippen LogP contribution in [0.2, 0.25) is 0 Å². The van der Waals surface area contributed by atoms with Gasteiger partial charge in [-0.2, -0.15) is 0 Å². The van der Waals surface area contributed by atoms with Crippen molar-refractivity contribution in [2.24, 2.45) is 0 Å². The topological polar surface area (TPSA) is 58.6 Å². The molecule has 1 heterocycles. The Hall–Kier alpha value is -1.56. The van der Waals surface area contributed by atoms with Crippen LogP contribution in [0.15, 0.2) is 22.7 Å². The number of nitrogens with one attached hydrogen (secondary N) is 1. The lowest BCUT2D eigenvalue weighted by atomic mass is 10.2. The Morgan fingerprint density at radius 1 is 1.45 bits per heavy atom. The number of hydrogen-bond acceptors (Lipinski definition) is 4. The quantitative estimate of drug-likeness (QED) is 0.836. The Labute approximate surface area is 126 Å². The number of benzene rings is 1. The number of carbonyl (C=O) groups is 2. The molecule has 2 amide bonds. The highest BCUT2D eigenvalue weighted by atomic mass is 79.9. The summed E-state index contributed by atoms with van der Waals surface area (Å²) in [5.41, 5.74) is 0.744. The molecule has 1 unspecified atom stereocenters. The number of anilines is 1. The van der Waals surface area contributed by atoms with E-state index < -0.39 is 6.04 Å². The monoisotopic (exact) mass is 340 g/mol. The maximum Gasteiger partial charge on any atom is 0.252 e. The first kappa shape index (κ1) is 14.8. The zero-order valence-corrected chi connectivity index (χ0v) is 13.1. The van der Waals surface area contributed by atoms with Gasteiger partial charge < -0.3 is 10.1 Å². The van der Waals surface area contributed by atoms with Crippen LogP contribution in [0.3, 0.4) is 0 Å². The van der Waals surface area contributed by atoms with Gasteiger partial charge in [0.1, 0.15) is 11.8 Å². The van der Waals surface area contributed by atoms with Crippen LogP contribution in [-0.4, -0.2) is 36.4 Å². The lowest BCUT2D eigenvalue weighted by molar-refractivity contribution is -0.138. The maximum absolute atomic E-state index is 12.2. The van der Waals surface area contributed by atoms with Gasteiger partial charge in [0, 0.05) is 17.1 Å². The van der Waals surface area contributed by atoms with E-state index in [1.54, 1.807) is 13.2 Å². The molecule has 108 valence electrons. The molecule has 2 rings (SSSR count). The van der Waals surface area contributed by atoms with Crippen LogP contribution in [0.1, 0.15) is 19.8 Å². The van der Waals surface area contributed by atoms with E-state index in [4.69, 9.17) is 4.74 Å². The molecular weight excluding hydrogens is 324 g/mol. The number of halogens is 1. The van der Waals surface area contributed by atoms with Gasteiger partial charge in [-0.15, -0.1) is 0 Å². The zero-order valence-electron chi connectivity index (χ0n) is 11.5. The minimum Gasteiger partial charge on any atom is -0.497 e. The zero-order chi connectivity index (χ0) is 14.7. The van der Waals surface area contributed by atoms with Gasteiger partial charge in [-0.25, -0.2) is 0 Å². The standard InChI is InChI=1S/C14H17BrN2O3/c1-3-6-17-13(18)8-12(14(17)19)16-11-7-9(20-2)4-5-10(11)15/h4-5,7,12,16H,3,6,8H2,1-2H3. The van der Waals surface area contributed by atoms with Crippen molar-refractivity contribution in [1.29, 1.82) is 0 Å². The third-order valence-electron chi connectivity index (χ3n) is 3.19. The highest BCUT2D eigenvalue weighted by Crippen LogP contribution is 2.29. The largest absolute Gasteiger partial charge is 0.497 e. The van der Waals surface area contributed by atoms with Crippen LogP contribution in [0.4, 0.5) is 5.69 Å². The smallest absolute Gasteiger partial charge is 0.252 e. The number of hydrogen-bond donors (Lipinski definition) is 1. The molecule has 6 heteroatoms. The third kappa shape index (κ3) is 2.95. The van der Waals surface area contributed by atoms with E-state index in [0.29, 0.717) is 12.3 Å². The molecule has 20 heavy (non-hydrogen) atoms. The molecular formula is C14H17BrN2O3. The highest BCUT2D eigenvalue weighted by molar-refractivity contribution is 9.10. The van der Waals surface area contributed by atoms with Crippen LogP contribution in [-0.2, 0) is 9.59 Å². The van der Waals surface area contributed by atoms with Gasteiger partial charge >= 0.3 is 0 Å². The second-order valence-corrected chi connectivity index (χ2v) is 5.48. The molecule has 1 aromatic rings. The molecule has 0 aromatic heterocycles. The summed E-state index contributed by atoms with van der Waals surface area (Å²) in [5, 5.41) is 3.11. The first-order valence-electron chi connectivity index (χ1n) is 6.51. The number of rotatable bonds is 5. The number of ether oxygens (including phenoxy) is 1. The Bertz CT molecular complexity index is 533. The van der Waals surface area contributed by atoms with Crippen LogP contribution in [0.25, 0.3) is 0 Å². The van der Waals surface area contributed by atoms with Crippen LogP contribution >= 0.6 is 15.9 Å². The van der Waals surface area contributed by atoms with Gasteiger partial charge in [0.25, 0.3) is 5.91 Å². The SMILES string of the molecule is CCCN1C(=O)CC(Nc2cc(OC)ccc2Br)C1=O. The summed E-state index contributed by atoms with van der Waals surface area (Å²) in [5.74, 6) is 0.415. The summed E-state index contributed by atoms with van der Waals surface area (Å²) in [6.45, 7) is 2.43. The number of carbonyl (C=O) groups excluding carboxylic acids is 2. The van der Waals surface area contributed by atoms with Gasteiger partial charge in [-0.3, -0.25) is 14.5 Å². The number of nitrogens with zero attached hydrogens (tertiary/aromatic N) is 1. The van der Waals surface area contributed by atoms with E-state index in [-0.39, 0.29) is 18.2 Å². The van der Waals surface area contributed by atoms with Crippen molar-refractivity contribution in [2.45, 2.75) is 25.8 Å². The fraction of sp³-hybridized carbons (Fsp3) is 0.429. The molecule has 1 fully saturated rings. The van der Waals surface area contributed by atoms with Crippen molar-refractivity contribution in [3.63, 3.8) is 0 Å². The average molecular weight is 341 g/mol. The Kier molecular flexibility index (Phi) is 4.65. The third-order valence-corrected chi connectivity index (χ3v) is 3.89. The molecule has 1 N–H and O–H groups in total. The summed E-state index contributed by atoms with van der Waals surface area (Å²) >= 11 is 3.42. The summed E-state index contributed by atoms with van der Waals surface area (Å²) in [6.07, 6.45) is 0.968. The number of amides is 2. The highest BCUT2D eigenvalue weighted by Gasteiger charge is 2.38. The average Bonchev–Trinajstić information content (AvgIpc) is 2.69. The molecule has 0 spiro atoms. The molecule has 1 aromatic carbocycles. The van der Waals surface area contributed by atoms with E-state index in [9.17, 15) is 9.59 Å². The Morgan fingerprint density at radius 2 is 2.20 bits per heavy atom. The Balaban J connectivity index is 2.15. The van der Waals surface area contributed by atoms with Crippen LogP contribution < -0.4 is 10.1 Å². The molecule has 1 saturated heterocycles. The van der Waals surface area contributed by atoms with Crippen molar-refractivity contribution >= 4 is 33.4 Å². The molecule has 1 aliphatic heterocycles. The van der Waals surface area contributed by atoms with Gasteiger partial charge in [0.2, 0.25) is 5.91 Å². The first-order chi connectivity index (χ1) is 9.56. The van der Waals surface area contributed by atoms with Gasteiger partial charge in [0.05, 0.1) is 19.2 Å². The second kappa shape index (κ2) is 6.26. The fourth-order valence-corrected chi connectivity index (χ4v) is 2.55. The van der Waals surface area contributed by atoms with E-state index in [2.05, 4.69) is 21.2 Å². The predicted octanol–water partition coefficient (Wildman–Crippen LogP) is 2.41. The lowest BCUT2D eigenvalue weighted by Crippen LogP contribution is -2.35. The summed E-state index contributed by atoms with van der Waals surface area (Å²) in [6, 6.07) is 4.95. The van der Waals surface area contributed by atoms with Crippen LogP contribution in [0.5, 0.6) is 5.75 Å². The summed E-state index contributed by atoms with van der Waals surface area (Å²) in [7, 11) is 1.58. The first-order valence-corrected chi connectivity index (χ1v) is 7.30. The van der Waals surface area contributed by atoms with E-state index in [1.165, 1.54) is 4.90 Å². The summed E-state index contributed by atoms with van der Waals surface area (Å²) < 4.78 is 5.99. The van der Waals surface area contributed by atoms with Crippen molar-refractivity contribution in [1.82, 2.24) is 4.90 Å². The van der Waals surface area contributed by atoms with Crippen molar-refractivity contribution in [3.8, 4) is 5.75 Å². The van der Waals surface area contributed by atoms with Crippen molar-refractivity contribution in [2.75, 3.05) is 19.0 Å². The summed E-state index contributed by atoms with van der Waals surface area (Å²) in [4.78, 5) is 25.3. The molecule has 0 radical (unpaired) electrons. The molecule has 0 saturated carbocycles. The van der Waals surface area contributed by atoms with E-state index in [1.807, 2.05) is 19.1 Å². The van der Waals surface area contributed by atoms with Gasteiger partial charge in [-0.1, -0.05) is 6.92 Å². The van der Waals surface area contributed by atoms with Crippen molar-refractivity contribution < 1.29 is 14.3 Å². The molecule has 5 nitrogen and oxygen atoms in total. The molecule has 0 aliphatic carbocycles. The molecule has 1 atom stereocenters. The predicted molar refractivity (Wildman–Crippen MR) is 79.7 cm³/mol. The lowest BCUT2D eigenvalue weighted by Gasteiger charge is -2.16. The molecule has 1 aliphatic rings. The maximum atomic E-state index is 12.2. The minimum absolute atomic E-state index is 0.117. The number of likely N-dealkylation sites (tertiary alicyclic amines) is 1. The fourth-order valence-electron chi connectivity index (χ4n) is 2.18. The Morgan fingerprint density at radius 3 is 2.85 bits per heavy atom. The minimum atomic E-state index is -0.502. The molecule has 0 bridgehead atoms. The normalized spacial score (nSPS) is 18.6. The van der Waals surface area contributed by atoms with Gasteiger partial charge in [-0.05, 0) is 34.5 Å². The van der Waals surface area contributed by atoms with E-state index >= 15 is 0 Å². The van der Waals surface area contributed by atoms with Crippen LogP contribution in [0, 0.1) is 0 Å². The number of imide groups is 1. The van der Waals surface area contributed by atoms with E-state index in [0.717, 1.165) is 16.6 Å². The second-order valence-electron chi connectivity index (χ2n) is 4.63. The van der Waals surface area contributed by atoms with Gasteiger partial charge in [0.15, 0.2) is 0 Å². The number of methoxy groups -OCH3 is 1. The van der Waals surface area contributed by atoms with Crippen molar-refractivity contribution in [3.05, 3.63) is 22.7 Å².